The third-order valence-electron chi connectivity index (χ3n) is 7.56. The second kappa shape index (κ2) is 16.4. The molecule has 0 amide bonds. The maximum absolute atomic E-state index is 14.2. The Labute approximate surface area is 285 Å². The molecule has 1 aromatic carbocycles. The van der Waals surface area contributed by atoms with Crippen LogP contribution in [-0.4, -0.2) is 72.7 Å². The lowest BCUT2D eigenvalue weighted by Gasteiger charge is -2.44. The fourth-order valence-electron chi connectivity index (χ4n) is 4.21. The summed E-state index contributed by atoms with van der Waals surface area (Å²) >= 11 is 0. The molecule has 0 aliphatic heterocycles. The van der Waals surface area contributed by atoms with Gasteiger partial charge in [0.05, 0.1) is 19.6 Å². The van der Waals surface area contributed by atoms with E-state index in [1.807, 2.05) is 6.92 Å². The Balaban J connectivity index is 3.19. The summed E-state index contributed by atoms with van der Waals surface area (Å²) in [6, 6.07) is 3.28. The molecule has 0 spiro atoms. The maximum Gasteiger partial charge on any atom is 0.460 e. The van der Waals surface area contributed by atoms with Crippen molar-refractivity contribution in [1.82, 2.24) is 0 Å². The summed E-state index contributed by atoms with van der Waals surface area (Å²) in [4.78, 5) is 12.1. The predicted octanol–water partition coefficient (Wildman–Crippen LogP) is 11.6. The van der Waals surface area contributed by atoms with E-state index in [4.69, 9.17) is 4.74 Å². The summed E-state index contributed by atoms with van der Waals surface area (Å²) in [5.74, 6) is -78.7. The van der Waals surface area contributed by atoms with Crippen LogP contribution in [0.5, 0.6) is 11.5 Å². The number of unbranched alkanes of at least 4 members (excludes halogenated alkanes) is 7. The molecule has 310 valence electrons. The minimum Gasteiger partial charge on any atom is -0.494 e. The summed E-state index contributed by atoms with van der Waals surface area (Å²) < 4.78 is 294. The van der Waals surface area contributed by atoms with E-state index in [2.05, 4.69) is 4.74 Å². The summed E-state index contributed by atoms with van der Waals surface area (Å²) in [6.07, 6.45) is -3.65. The zero-order valence-electron chi connectivity index (χ0n) is 26.7. The topological polar surface area (TPSA) is 35.5 Å². The summed E-state index contributed by atoms with van der Waals surface area (Å²) in [6.45, 7) is 0.0818. The van der Waals surface area contributed by atoms with E-state index in [0.29, 0.717) is 18.6 Å². The van der Waals surface area contributed by atoms with Gasteiger partial charge in [-0.15, -0.1) is 0 Å². The van der Waals surface area contributed by atoms with Crippen molar-refractivity contribution in [3.63, 3.8) is 0 Å². The van der Waals surface area contributed by atoms with Crippen molar-refractivity contribution in [1.29, 1.82) is 0 Å². The first-order valence-electron chi connectivity index (χ1n) is 15.0. The Bertz CT molecular complexity index is 1390. The molecule has 0 unspecified atom stereocenters. The quantitative estimate of drug-likeness (QED) is 0.0863. The van der Waals surface area contributed by atoms with E-state index in [-0.39, 0.29) is 12.4 Å². The van der Waals surface area contributed by atoms with Gasteiger partial charge in [-0.1, -0.05) is 51.9 Å². The van der Waals surface area contributed by atoms with Crippen molar-refractivity contribution < 1.29 is 102 Å². The Morgan fingerprint density at radius 3 is 1.25 bits per heavy atom. The van der Waals surface area contributed by atoms with Crippen molar-refractivity contribution >= 4 is 0 Å². The molecule has 0 atom stereocenters. The molecule has 0 radical (unpaired) electrons. The molecule has 3 nitrogen and oxygen atoms in total. The van der Waals surface area contributed by atoms with E-state index < -0.39 is 83.7 Å². The third-order valence-corrected chi connectivity index (χ3v) is 7.56. The minimum atomic E-state index is -9.23. The predicted molar refractivity (Wildman–Crippen MR) is 142 cm³/mol. The second-order valence-corrected chi connectivity index (χ2v) is 11.5. The van der Waals surface area contributed by atoms with Gasteiger partial charge in [-0.2, -0.15) is 92.2 Å². The highest BCUT2D eigenvalue weighted by molar-refractivity contribution is 5.29. The average molecular weight is 825 g/mol. The number of alkyl halides is 21. The molecule has 0 saturated heterocycles. The molecule has 53 heavy (non-hydrogen) atoms. The van der Waals surface area contributed by atoms with Crippen LogP contribution in [0.1, 0.15) is 64.7 Å². The van der Waals surface area contributed by atoms with Crippen LogP contribution >= 0.6 is 0 Å². The van der Waals surface area contributed by atoms with Gasteiger partial charge in [0.1, 0.15) is 5.75 Å². The Hall–Kier alpha value is -2.98. The Kier molecular flexibility index (Phi) is 14.9. The van der Waals surface area contributed by atoms with Gasteiger partial charge in [-0.25, -0.2) is 0 Å². The zero-order valence-corrected chi connectivity index (χ0v) is 26.7. The van der Waals surface area contributed by atoms with Crippen LogP contribution in [0.4, 0.5) is 92.2 Å². The van der Waals surface area contributed by atoms with Crippen molar-refractivity contribution in [2.45, 2.75) is 124 Å². The fourth-order valence-corrected chi connectivity index (χ4v) is 4.21. The molecule has 0 heterocycles. The monoisotopic (exact) mass is 824 g/mol. The smallest absolute Gasteiger partial charge is 0.460 e. The van der Waals surface area contributed by atoms with Gasteiger partial charge >= 0.3 is 59.5 Å². The van der Waals surface area contributed by atoms with Crippen molar-refractivity contribution in [3.8, 4) is 11.5 Å². The summed E-state index contributed by atoms with van der Waals surface area (Å²) in [7, 11) is 0. The van der Waals surface area contributed by atoms with Gasteiger partial charge in [-0.3, -0.25) is 4.79 Å². The summed E-state index contributed by atoms with van der Waals surface area (Å²) in [5, 5.41) is 0. The lowest BCUT2D eigenvalue weighted by atomic mass is 9.86. The van der Waals surface area contributed by atoms with Gasteiger partial charge < -0.3 is 9.47 Å². The first kappa shape index (κ1) is 48.0. The van der Waals surface area contributed by atoms with Gasteiger partial charge in [-0.05, 0) is 30.7 Å². The molecule has 1 rings (SSSR count). The van der Waals surface area contributed by atoms with Crippen molar-refractivity contribution in [2.24, 2.45) is 0 Å². The van der Waals surface area contributed by atoms with Crippen molar-refractivity contribution in [3.05, 3.63) is 34.5 Å². The maximum atomic E-state index is 14.2. The molecule has 1 aromatic rings. The molecule has 0 aliphatic rings. The van der Waals surface area contributed by atoms with E-state index in [0.717, 1.165) is 57.1 Å². The van der Waals surface area contributed by atoms with Gasteiger partial charge in [0.2, 0.25) is 5.43 Å². The Morgan fingerprint density at radius 1 is 0.434 bits per heavy atom. The molecular formula is C29H29F21O3. The first-order chi connectivity index (χ1) is 23.7. The zero-order chi connectivity index (χ0) is 41.8. The number of hydrogen-bond acceptors (Lipinski definition) is 3. The third kappa shape index (κ3) is 8.95. The van der Waals surface area contributed by atoms with Gasteiger partial charge in [0.15, 0.2) is 5.75 Å². The lowest BCUT2D eigenvalue weighted by molar-refractivity contribution is -0.474. The molecule has 0 aliphatic carbocycles. The van der Waals surface area contributed by atoms with Crippen LogP contribution in [0, 0.1) is 0 Å². The highest BCUT2D eigenvalue weighted by atomic mass is 19.4. The van der Waals surface area contributed by atoms with Crippen LogP contribution < -0.4 is 14.9 Å². The van der Waals surface area contributed by atoms with Gasteiger partial charge in [0.25, 0.3) is 0 Å². The lowest BCUT2D eigenvalue weighted by Crippen LogP contribution is -2.76. The second-order valence-electron chi connectivity index (χ2n) is 11.5. The molecule has 0 aromatic heterocycles. The van der Waals surface area contributed by atoms with Crippen LogP contribution in [0.15, 0.2) is 29.1 Å². The normalized spacial score (nSPS) is 14.8. The number of ether oxygens (including phenoxy) is 2. The van der Waals surface area contributed by atoms with E-state index in [1.54, 1.807) is 0 Å². The van der Waals surface area contributed by atoms with Crippen LogP contribution in [-0.2, 0) is 0 Å². The van der Waals surface area contributed by atoms with Crippen LogP contribution in [0.25, 0.3) is 0 Å². The van der Waals surface area contributed by atoms with Gasteiger partial charge in [0, 0.05) is 0 Å². The summed E-state index contributed by atoms with van der Waals surface area (Å²) in [5.41, 5.74) is -1.24. The minimum absolute atomic E-state index is 0.0539. The average Bonchev–Trinajstić information content (AvgIpc) is 3.19. The highest BCUT2D eigenvalue weighted by Gasteiger charge is 2.97. The molecule has 0 N–H and O–H groups in total. The van der Waals surface area contributed by atoms with E-state index >= 15 is 0 Å². The molecule has 0 fully saturated rings. The SMILES string of the molecule is CCCCCCCCCCOc1ccc(OCCC(F)(F)C(F)(F)C(F)(F)C(F)(F)C(F)(F)C(F)(F)C(F)(F)C(F)(F)C(F)(F)C(F)(F)F)c(=O)cc1. The first-order valence-corrected chi connectivity index (χ1v) is 15.0. The molecular weight excluding hydrogens is 795 g/mol. The van der Waals surface area contributed by atoms with E-state index in [9.17, 15) is 97.0 Å². The molecule has 0 saturated carbocycles. The van der Waals surface area contributed by atoms with Crippen LogP contribution in [0.3, 0.4) is 0 Å². The molecule has 0 bridgehead atoms. The van der Waals surface area contributed by atoms with Crippen LogP contribution in [0.2, 0.25) is 0 Å². The largest absolute Gasteiger partial charge is 0.494 e. The number of hydrogen-bond donors (Lipinski definition) is 0. The highest BCUT2D eigenvalue weighted by Crippen LogP contribution is 2.66. The van der Waals surface area contributed by atoms with E-state index in [1.165, 1.54) is 0 Å². The fraction of sp³-hybridized carbons (Fsp3) is 0.759. The van der Waals surface area contributed by atoms with Crippen molar-refractivity contribution in [2.75, 3.05) is 13.2 Å². The standard InChI is InChI=1S/C29H29F21O3/c1-2-3-4-5-6-7-8-9-15-52-17-10-12-18(51)19(13-11-17)53-16-14-20(30,31)21(32,33)22(34,35)23(36,37)24(38,39)25(40,41)26(42,43)27(44,45)28(46,47)29(48,49)50/h10-13H,2-9,14-16H2,1H3. The number of rotatable bonds is 22. The Morgan fingerprint density at radius 2 is 0.811 bits per heavy atom. The number of halogens is 21. The molecule has 24 heteroatoms.